The third kappa shape index (κ3) is 3.55. The van der Waals surface area contributed by atoms with E-state index in [-0.39, 0.29) is 5.63 Å². The number of hydrogen-bond donors (Lipinski definition) is 0. The number of aryl methyl sites for hydroxylation is 3. The molecule has 5 rings (SSSR count). The molecule has 0 aliphatic carbocycles. The first-order valence-electron chi connectivity index (χ1n) is 10.7. The number of hydrogen-bond acceptors (Lipinski definition) is 4. The molecular formula is C27H24ClNO3. The molecule has 0 saturated heterocycles. The van der Waals surface area contributed by atoms with E-state index in [0.29, 0.717) is 35.9 Å². The highest BCUT2D eigenvalue weighted by Crippen LogP contribution is 2.38. The Kier molecular flexibility index (Phi) is 5.18. The second-order valence-electron chi connectivity index (χ2n) is 8.42. The fraction of sp³-hybridized carbons (Fsp3) is 0.222. The summed E-state index contributed by atoms with van der Waals surface area (Å²) in [5.74, 6) is 0.798. The predicted octanol–water partition coefficient (Wildman–Crippen LogP) is 6.32. The highest BCUT2D eigenvalue weighted by molar-refractivity contribution is 6.30. The Morgan fingerprint density at radius 3 is 2.56 bits per heavy atom. The van der Waals surface area contributed by atoms with Crippen LogP contribution in [0.25, 0.3) is 11.0 Å². The molecule has 3 aromatic carbocycles. The van der Waals surface area contributed by atoms with Crippen molar-refractivity contribution in [1.82, 2.24) is 0 Å². The van der Waals surface area contributed by atoms with Crippen LogP contribution in [0.15, 0.2) is 63.8 Å². The van der Waals surface area contributed by atoms with Crippen LogP contribution in [0, 0.1) is 20.8 Å². The molecule has 4 nitrogen and oxygen atoms in total. The fourth-order valence-electron chi connectivity index (χ4n) is 4.53. The van der Waals surface area contributed by atoms with Gasteiger partial charge in [-0.15, -0.1) is 0 Å². The van der Waals surface area contributed by atoms with Crippen LogP contribution in [-0.2, 0) is 13.0 Å². The normalized spacial score (nSPS) is 13.2. The van der Waals surface area contributed by atoms with E-state index >= 15 is 0 Å². The van der Waals surface area contributed by atoms with Crippen molar-refractivity contribution < 1.29 is 9.15 Å². The number of ether oxygens (including phenoxy) is 1. The molecule has 5 heteroatoms. The Morgan fingerprint density at radius 2 is 1.78 bits per heavy atom. The lowest BCUT2D eigenvalue weighted by Crippen LogP contribution is -2.32. The number of halogens is 1. The summed E-state index contributed by atoms with van der Waals surface area (Å²) in [4.78, 5) is 15.0. The maximum absolute atomic E-state index is 12.9. The monoisotopic (exact) mass is 445 g/mol. The topological polar surface area (TPSA) is 42.7 Å². The highest BCUT2D eigenvalue weighted by atomic mass is 35.5. The smallest absolute Gasteiger partial charge is 0.340 e. The van der Waals surface area contributed by atoms with Gasteiger partial charge in [0.15, 0.2) is 6.73 Å². The summed E-state index contributed by atoms with van der Waals surface area (Å²) >= 11 is 6.25. The van der Waals surface area contributed by atoms with Crippen molar-refractivity contribution in [2.24, 2.45) is 0 Å². The maximum Gasteiger partial charge on any atom is 0.340 e. The van der Waals surface area contributed by atoms with Crippen molar-refractivity contribution >= 4 is 28.3 Å². The van der Waals surface area contributed by atoms with Gasteiger partial charge in [0.25, 0.3) is 0 Å². The van der Waals surface area contributed by atoms with Crippen LogP contribution in [0.2, 0.25) is 5.02 Å². The molecule has 1 aromatic heterocycles. The molecule has 0 spiro atoms. The lowest BCUT2D eigenvalue weighted by Gasteiger charge is -2.33. The van der Waals surface area contributed by atoms with Gasteiger partial charge in [-0.25, -0.2) is 4.79 Å². The molecule has 162 valence electrons. The summed E-state index contributed by atoms with van der Waals surface area (Å²) in [6, 6.07) is 18.0. The van der Waals surface area contributed by atoms with Gasteiger partial charge in [-0.3, -0.25) is 0 Å². The van der Waals surface area contributed by atoms with E-state index in [1.54, 1.807) is 0 Å². The van der Waals surface area contributed by atoms with Crippen LogP contribution in [-0.4, -0.2) is 6.73 Å². The molecule has 0 bridgehead atoms. The molecular weight excluding hydrogens is 422 g/mol. The number of anilines is 1. The van der Waals surface area contributed by atoms with Crippen molar-refractivity contribution in [3.8, 4) is 5.75 Å². The van der Waals surface area contributed by atoms with Gasteiger partial charge >= 0.3 is 5.63 Å². The highest BCUT2D eigenvalue weighted by Gasteiger charge is 2.25. The number of benzene rings is 3. The second kappa shape index (κ2) is 8.03. The van der Waals surface area contributed by atoms with Crippen LogP contribution in [0.3, 0.4) is 0 Å². The molecule has 1 aliphatic rings. The Labute approximate surface area is 192 Å². The van der Waals surface area contributed by atoms with Gasteiger partial charge in [0.2, 0.25) is 0 Å². The van der Waals surface area contributed by atoms with Crippen molar-refractivity contribution in [3.05, 3.63) is 103 Å². The quantitative estimate of drug-likeness (QED) is 0.346. The molecule has 0 radical (unpaired) electrons. The first kappa shape index (κ1) is 20.7. The zero-order valence-electron chi connectivity index (χ0n) is 18.4. The first-order chi connectivity index (χ1) is 15.4. The summed E-state index contributed by atoms with van der Waals surface area (Å²) in [5, 5.41) is 1.66. The van der Waals surface area contributed by atoms with Crippen molar-refractivity contribution in [2.45, 2.75) is 33.7 Å². The number of nitrogens with zero attached hydrogens (tertiary/aromatic N) is 1. The third-order valence-corrected chi connectivity index (χ3v) is 6.53. The second-order valence-corrected chi connectivity index (χ2v) is 8.86. The van der Waals surface area contributed by atoms with Gasteiger partial charge in [-0.2, -0.15) is 0 Å². The zero-order chi connectivity index (χ0) is 22.4. The lowest BCUT2D eigenvalue weighted by atomic mass is 9.96. The molecule has 0 atom stereocenters. The van der Waals surface area contributed by atoms with Crippen LogP contribution in [0.1, 0.15) is 33.4 Å². The molecule has 0 N–H and O–H groups in total. The molecule has 0 unspecified atom stereocenters. The molecule has 0 amide bonds. The predicted molar refractivity (Wildman–Crippen MR) is 129 cm³/mol. The van der Waals surface area contributed by atoms with E-state index in [4.69, 9.17) is 20.8 Å². The van der Waals surface area contributed by atoms with Gasteiger partial charge in [0, 0.05) is 45.8 Å². The average molecular weight is 446 g/mol. The maximum atomic E-state index is 12.9. The number of fused-ring (bicyclic) bond motifs is 2. The summed E-state index contributed by atoms with van der Waals surface area (Å²) in [6.07, 6.45) is 0.547. The van der Waals surface area contributed by atoms with E-state index in [1.807, 2.05) is 62.4 Å². The summed E-state index contributed by atoms with van der Waals surface area (Å²) in [6.45, 7) is 7.14. The number of rotatable bonds is 3. The molecule has 2 heterocycles. The Bertz CT molecular complexity index is 1390. The minimum absolute atomic E-state index is 0.283. The van der Waals surface area contributed by atoms with Gasteiger partial charge in [0.1, 0.15) is 11.3 Å². The van der Waals surface area contributed by atoms with Gasteiger partial charge in [-0.05, 0) is 55.7 Å². The summed E-state index contributed by atoms with van der Waals surface area (Å²) in [7, 11) is 0. The lowest BCUT2D eigenvalue weighted by molar-refractivity contribution is 0.287. The fourth-order valence-corrected chi connectivity index (χ4v) is 4.69. The largest absolute Gasteiger partial charge is 0.472 e. The van der Waals surface area contributed by atoms with Crippen LogP contribution >= 0.6 is 11.6 Å². The molecule has 4 aromatic rings. The van der Waals surface area contributed by atoms with Gasteiger partial charge in [-0.1, -0.05) is 48.0 Å². The molecule has 32 heavy (non-hydrogen) atoms. The van der Waals surface area contributed by atoms with Gasteiger partial charge < -0.3 is 14.1 Å². The van der Waals surface area contributed by atoms with E-state index in [2.05, 4.69) is 17.9 Å². The van der Waals surface area contributed by atoms with Crippen molar-refractivity contribution in [2.75, 3.05) is 11.6 Å². The summed E-state index contributed by atoms with van der Waals surface area (Å²) < 4.78 is 12.0. The third-order valence-electron chi connectivity index (χ3n) is 6.30. The SMILES string of the molecule is Cc1ccc(Cl)cc1N1COc2c(cc3c(C)c(Cc4ccccc4)c(=O)oc3c2C)C1. The van der Waals surface area contributed by atoms with Crippen molar-refractivity contribution in [1.29, 1.82) is 0 Å². The zero-order valence-corrected chi connectivity index (χ0v) is 19.1. The van der Waals surface area contributed by atoms with E-state index in [0.717, 1.165) is 44.6 Å². The molecule has 1 aliphatic heterocycles. The Hall–Kier alpha value is -3.24. The van der Waals surface area contributed by atoms with E-state index in [9.17, 15) is 4.79 Å². The van der Waals surface area contributed by atoms with E-state index < -0.39 is 0 Å². The Morgan fingerprint density at radius 1 is 1.00 bits per heavy atom. The minimum Gasteiger partial charge on any atom is -0.472 e. The van der Waals surface area contributed by atoms with Gasteiger partial charge in [0.05, 0.1) is 0 Å². The van der Waals surface area contributed by atoms with E-state index in [1.165, 1.54) is 0 Å². The first-order valence-corrected chi connectivity index (χ1v) is 11.1. The van der Waals surface area contributed by atoms with Crippen molar-refractivity contribution in [3.63, 3.8) is 0 Å². The molecule has 0 fully saturated rings. The molecule has 0 saturated carbocycles. The van der Waals surface area contributed by atoms with Crippen LogP contribution in [0.4, 0.5) is 5.69 Å². The Balaban J connectivity index is 1.60. The minimum atomic E-state index is -0.283. The average Bonchev–Trinajstić information content (AvgIpc) is 2.80. The van der Waals surface area contributed by atoms with Crippen LogP contribution < -0.4 is 15.3 Å². The summed E-state index contributed by atoms with van der Waals surface area (Å²) in [5.41, 5.74) is 7.21. The van der Waals surface area contributed by atoms with Crippen LogP contribution in [0.5, 0.6) is 5.75 Å². The standard InChI is InChI=1S/C27H24ClNO3/c1-16-9-10-21(28)13-24(16)29-14-20-12-22-17(2)23(11-19-7-5-4-6-8-19)27(30)32-26(22)18(3)25(20)31-15-29/h4-10,12-13H,11,14-15H2,1-3H3.